The van der Waals surface area contributed by atoms with Crippen LogP contribution in [0, 0.1) is 5.92 Å². The van der Waals surface area contributed by atoms with Crippen molar-refractivity contribution in [2.45, 2.75) is 26.2 Å². The average molecular weight is 234 g/mol. The standard InChI is InChI=1S/C15H26N2/c1-3-5-15(6-4-2)13-17-11-8-14(7-10-16)9-12-17/h3-6,14H,1,7-13,16H2,2H3/b6-4-,15-5+. The van der Waals surface area contributed by atoms with Crippen molar-refractivity contribution < 1.29 is 0 Å². The lowest BCUT2D eigenvalue weighted by Gasteiger charge is -2.32. The summed E-state index contributed by atoms with van der Waals surface area (Å²) in [5, 5.41) is 0. The van der Waals surface area contributed by atoms with Crippen molar-refractivity contribution in [3.8, 4) is 0 Å². The van der Waals surface area contributed by atoms with Crippen LogP contribution in [0.3, 0.4) is 0 Å². The summed E-state index contributed by atoms with van der Waals surface area (Å²) in [7, 11) is 0. The highest BCUT2D eigenvalue weighted by Gasteiger charge is 2.18. The molecule has 0 aromatic rings. The molecule has 0 unspecified atom stereocenters. The van der Waals surface area contributed by atoms with Crippen LogP contribution in [0.15, 0.2) is 36.5 Å². The summed E-state index contributed by atoms with van der Waals surface area (Å²) in [5.74, 6) is 0.852. The van der Waals surface area contributed by atoms with Gasteiger partial charge in [-0.2, -0.15) is 0 Å². The Morgan fingerprint density at radius 1 is 1.41 bits per heavy atom. The van der Waals surface area contributed by atoms with Crippen molar-refractivity contribution >= 4 is 0 Å². The zero-order valence-corrected chi connectivity index (χ0v) is 11.1. The van der Waals surface area contributed by atoms with E-state index in [0.717, 1.165) is 19.0 Å². The van der Waals surface area contributed by atoms with E-state index < -0.39 is 0 Å². The van der Waals surface area contributed by atoms with Gasteiger partial charge in [-0.05, 0) is 57.3 Å². The molecule has 0 atom stereocenters. The maximum absolute atomic E-state index is 5.61. The Morgan fingerprint density at radius 2 is 2.12 bits per heavy atom. The Bertz CT molecular complexity index is 271. The topological polar surface area (TPSA) is 29.3 Å². The molecule has 0 amide bonds. The summed E-state index contributed by atoms with van der Waals surface area (Å²) >= 11 is 0. The molecule has 0 aromatic carbocycles. The van der Waals surface area contributed by atoms with E-state index in [1.807, 2.05) is 6.08 Å². The van der Waals surface area contributed by atoms with Gasteiger partial charge in [0.25, 0.3) is 0 Å². The second kappa shape index (κ2) is 8.26. The lowest BCUT2D eigenvalue weighted by Crippen LogP contribution is -2.35. The fraction of sp³-hybridized carbons (Fsp3) is 0.600. The molecule has 1 saturated heterocycles. The van der Waals surface area contributed by atoms with Crippen LogP contribution in [0.25, 0.3) is 0 Å². The summed E-state index contributed by atoms with van der Waals surface area (Å²) < 4.78 is 0. The van der Waals surface area contributed by atoms with Gasteiger partial charge >= 0.3 is 0 Å². The number of nitrogens with two attached hydrogens (primary N) is 1. The number of hydrogen-bond donors (Lipinski definition) is 1. The molecule has 1 heterocycles. The van der Waals surface area contributed by atoms with Crippen molar-refractivity contribution in [1.29, 1.82) is 0 Å². The first kappa shape index (κ1) is 14.2. The first-order chi connectivity index (χ1) is 8.30. The van der Waals surface area contributed by atoms with Gasteiger partial charge in [0.2, 0.25) is 0 Å². The van der Waals surface area contributed by atoms with Gasteiger partial charge in [0, 0.05) is 6.54 Å². The largest absolute Gasteiger partial charge is 0.330 e. The smallest absolute Gasteiger partial charge is 0.0233 e. The first-order valence-corrected chi connectivity index (χ1v) is 6.66. The molecule has 1 aliphatic rings. The highest BCUT2D eigenvalue weighted by molar-refractivity contribution is 5.24. The molecule has 2 heteroatoms. The van der Waals surface area contributed by atoms with Crippen LogP contribution < -0.4 is 5.73 Å². The minimum absolute atomic E-state index is 0.838. The van der Waals surface area contributed by atoms with Crippen LogP contribution in [0.5, 0.6) is 0 Å². The molecule has 17 heavy (non-hydrogen) atoms. The van der Waals surface area contributed by atoms with E-state index >= 15 is 0 Å². The zero-order valence-electron chi connectivity index (χ0n) is 11.1. The van der Waals surface area contributed by atoms with Crippen LogP contribution in [0.4, 0.5) is 0 Å². The monoisotopic (exact) mass is 234 g/mol. The molecule has 0 bridgehead atoms. The number of allylic oxidation sites excluding steroid dienone is 3. The van der Waals surface area contributed by atoms with E-state index in [4.69, 9.17) is 5.73 Å². The zero-order chi connectivity index (χ0) is 12.5. The van der Waals surface area contributed by atoms with Gasteiger partial charge in [0.05, 0.1) is 0 Å². The number of piperidine rings is 1. The van der Waals surface area contributed by atoms with Gasteiger partial charge in [-0.15, -0.1) is 0 Å². The predicted molar refractivity (Wildman–Crippen MR) is 75.9 cm³/mol. The lowest BCUT2D eigenvalue weighted by molar-refractivity contribution is 0.194. The van der Waals surface area contributed by atoms with E-state index in [2.05, 4.69) is 36.6 Å². The molecule has 1 rings (SSSR count). The second-order valence-corrected chi connectivity index (χ2v) is 4.77. The minimum Gasteiger partial charge on any atom is -0.330 e. The highest BCUT2D eigenvalue weighted by Crippen LogP contribution is 2.20. The van der Waals surface area contributed by atoms with Crippen molar-refractivity contribution in [3.63, 3.8) is 0 Å². The summed E-state index contributed by atoms with van der Waals surface area (Å²) in [6.07, 6.45) is 12.0. The molecular weight excluding hydrogens is 208 g/mol. The fourth-order valence-electron chi connectivity index (χ4n) is 2.45. The maximum Gasteiger partial charge on any atom is 0.0233 e. The van der Waals surface area contributed by atoms with E-state index in [1.165, 1.54) is 37.9 Å². The lowest BCUT2D eigenvalue weighted by atomic mass is 9.93. The van der Waals surface area contributed by atoms with E-state index in [-0.39, 0.29) is 0 Å². The van der Waals surface area contributed by atoms with Gasteiger partial charge in [-0.1, -0.05) is 30.9 Å². The molecule has 0 aliphatic carbocycles. The summed E-state index contributed by atoms with van der Waals surface area (Å²) in [6, 6.07) is 0. The molecule has 0 aromatic heterocycles. The SMILES string of the molecule is C=C/C=C(\C=C/C)CN1CCC(CCN)CC1. The quantitative estimate of drug-likeness (QED) is 0.716. The van der Waals surface area contributed by atoms with Gasteiger partial charge in [-0.25, -0.2) is 0 Å². The predicted octanol–water partition coefficient (Wildman–Crippen LogP) is 2.74. The van der Waals surface area contributed by atoms with Crippen molar-refractivity contribution in [2.24, 2.45) is 11.7 Å². The maximum atomic E-state index is 5.61. The molecule has 96 valence electrons. The summed E-state index contributed by atoms with van der Waals surface area (Å²) in [6.45, 7) is 10.1. The molecule has 0 radical (unpaired) electrons. The van der Waals surface area contributed by atoms with Gasteiger partial charge in [0.15, 0.2) is 0 Å². The van der Waals surface area contributed by atoms with Gasteiger partial charge in [0.1, 0.15) is 0 Å². The van der Waals surface area contributed by atoms with Gasteiger partial charge in [-0.3, -0.25) is 4.90 Å². The molecule has 0 spiro atoms. The number of likely N-dealkylation sites (tertiary alicyclic amines) is 1. The number of nitrogens with zero attached hydrogens (tertiary/aromatic N) is 1. The molecule has 2 nitrogen and oxygen atoms in total. The van der Waals surface area contributed by atoms with Crippen molar-refractivity contribution in [2.75, 3.05) is 26.2 Å². The van der Waals surface area contributed by atoms with Crippen LogP contribution in [-0.2, 0) is 0 Å². The molecule has 1 aliphatic heterocycles. The normalized spacial score (nSPS) is 20.0. The van der Waals surface area contributed by atoms with Crippen molar-refractivity contribution in [1.82, 2.24) is 4.90 Å². The fourth-order valence-corrected chi connectivity index (χ4v) is 2.45. The van der Waals surface area contributed by atoms with E-state index in [9.17, 15) is 0 Å². The molecule has 1 fully saturated rings. The molecule has 0 saturated carbocycles. The molecule has 2 N–H and O–H groups in total. The summed E-state index contributed by atoms with van der Waals surface area (Å²) in [4.78, 5) is 2.53. The van der Waals surface area contributed by atoms with E-state index in [0.29, 0.717) is 0 Å². The first-order valence-electron chi connectivity index (χ1n) is 6.66. The highest BCUT2D eigenvalue weighted by atomic mass is 15.1. The Kier molecular flexibility index (Phi) is 6.90. The second-order valence-electron chi connectivity index (χ2n) is 4.77. The van der Waals surface area contributed by atoms with Gasteiger partial charge < -0.3 is 5.73 Å². The molecular formula is C15H26N2. The Labute approximate surface area is 106 Å². The van der Waals surface area contributed by atoms with E-state index in [1.54, 1.807) is 0 Å². The number of rotatable bonds is 6. The van der Waals surface area contributed by atoms with Crippen LogP contribution in [0.1, 0.15) is 26.2 Å². The summed E-state index contributed by atoms with van der Waals surface area (Å²) in [5.41, 5.74) is 6.96. The van der Waals surface area contributed by atoms with Crippen molar-refractivity contribution in [3.05, 3.63) is 36.5 Å². The minimum atomic E-state index is 0.838. The van der Waals surface area contributed by atoms with Crippen LogP contribution >= 0.6 is 0 Å². The Balaban J connectivity index is 2.38. The van der Waals surface area contributed by atoms with Crippen LogP contribution in [-0.4, -0.2) is 31.1 Å². The Hall–Kier alpha value is -0.860. The average Bonchev–Trinajstić information content (AvgIpc) is 2.33. The Morgan fingerprint density at radius 3 is 2.65 bits per heavy atom. The third-order valence-electron chi connectivity index (χ3n) is 3.40. The van der Waals surface area contributed by atoms with Crippen LogP contribution in [0.2, 0.25) is 0 Å². The third kappa shape index (κ3) is 5.33. The third-order valence-corrected chi connectivity index (χ3v) is 3.40. The number of hydrogen-bond acceptors (Lipinski definition) is 2.